The standard InChI is InChI=1S/C20H24N2O5S/c23-20(21-14-18-8-4-11-26-18)16-22(15-19-9-5-12-27-19)28(24,25)13-10-17-6-2-1-3-7-17/h1-3,5-7,9-10,12-13,18H,4,8,11,14-16H2,(H,21,23)/b13-10+/t18-/m1/s1. The van der Waals surface area contributed by atoms with Crippen LogP contribution >= 0.6 is 0 Å². The van der Waals surface area contributed by atoms with E-state index in [4.69, 9.17) is 9.15 Å². The minimum atomic E-state index is -3.83. The Morgan fingerprint density at radius 1 is 1.21 bits per heavy atom. The van der Waals surface area contributed by atoms with Crippen molar-refractivity contribution < 1.29 is 22.4 Å². The van der Waals surface area contributed by atoms with E-state index in [1.807, 2.05) is 18.2 Å². The fraction of sp³-hybridized carbons (Fsp3) is 0.350. The quantitative estimate of drug-likeness (QED) is 0.693. The minimum absolute atomic E-state index is 0.00272. The lowest BCUT2D eigenvalue weighted by atomic mass is 10.2. The molecule has 3 rings (SSSR count). The zero-order valence-electron chi connectivity index (χ0n) is 15.5. The molecule has 1 aromatic heterocycles. The van der Waals surface area contributed by atoms with Gasteiger partial charge in [0.05, 0.1) is 25.5 Å². The van der Waals surface area contributed by atoms with Crippen molar-refractivity contribution in [2.24, 2.45) is 0 Å². The summed E-state index contributed by atoms with van der Waals surface area (Å²) in [5, 5.41) is 3.87. The van der Waals surface area contributed by atoms with Crippen LogP contribution in [0.5, 0.6) is 0 Å². The maximum Gasteiger partial charge on any atom is 0.237 e. The molecule has 1 aliphatic rings. The summed E-state index contributed by atoms with van der Waals surface area (Å²) < 4.78 is 37.5. The second kappa shape index (κ2) is 9.68. The lowest BCUT2D eigenvalue weighted by Gasteiger charge is -2.19. The average molecular weight is 404 g/mol. The molecule has 0 unspecified atom stereocenters. The third-order valence-corrected chi connectivity index (χ3v) is 5.83. The summed E-state index contributed by atoms with van der Waals surface area (Å²) in [5.41, 5.74) is 0.756. The highest BCUT2D eigenvalue weighted by Gasteiger charge is 2.24. The summed E-state index contributed by atoms with van der Waals surface area (Å²) in [6.45, 7) is 0.758. The minimum Gasteiger partial charge on any atom is -0.468 e. The smallest absolute Gasteiger partial charge is 0.237 e. The Morgan fingerprint density at radius 3 is 2.71 bits per heavy atom. The maximum absolute atomic E-state index is 12.8. The predicted molar refractivity (Wildman–Crippen MR) is 105 cm³/mol. The van der Waals surface area contributed by atoms with E-state index >= 15 is 0 Å². The lowest BCUT2D eigenvalue weighted by Crippen LogP contribution is -2.41. The van der Waals surface area contributed by atoms with Gasteiger partial charge in [0.2, 0.25) is 15.9 Å². The van der Waals surface area contributed by atoms with Crippen LogP contribution in [0.2, 0.25) is 0 Å². The van der Waals surface area contributed by atoms with Crippen molar-refractivity contribution in [3.8, 4) is 0 Å². The van der Waals surface area contributed by atoms with Crippen molar-refractivity contribution in [3.63, 3.8) is 0 Å². The number of ether oxygens (including phenoxy) is 1. The third-order valence-electron chi connectivity index (χ3n) is 4.38. The lowest BCUT2D eigenvalue weighted by molar-refractivity contribution is -0.121. The molecule has 28 heavy (non-hydrogen) atoms. The number of carbonyl (C=O) groups excluding carboxylic acids is 1. The first-order valence-corrected chi connectivity index (χ1v) is 10.7. The van der Waals surface area contributed by atoms with E-state index in [1.165, 1.54) is 12.3 Å². The van der Waals surface area contributed by atoms with Crippen molar-refractivity contribution in [2.45, 2.75) is 25.5 Å². The Morgan fingerprint density at radius 2 is 2.04 bits per heavy atom. The number of hydrogen-bond acceptors (Lipinski definition) is 5. The van der Waals surface area contributed by atoms with E-state index in [9.17, 15) is 13.2 Å². The van der Waals surface area contributed by atoms with Gasteiger partial charge in [0.15, 0.2) is 0 Å². The second-order valence-electron chi connectivity index (χ2n) is 6.54. The molecule has 1 fully saturated rings. The summed E-state index contributed by atoms with van der Waals surface area (Å²) in [6, 6.07) is 12.5. The van der Waals surface area contributed by atoms with Crippen LogP contribution in [-0.4, -0.2) is 44.4 Å². The number of benzene rings is 1. The van der Waals surface area contributed by atoms with Crippen LogP contribution in [0.25, 0.3) is 6.08 Å². The van der Waals surface area contributed by atoms with Crippen molar-refractivity contribution in [3.05, 3.63) is 65.5 Å². The van der Waals surface area contributed by atoms with Gasteiger partial charge < -0.3 is 14.5 Å². The second-order valence-corrected chi connectivity index (χ2v) is 8.36. The average Bonchev–Trinajstić information content (AvgIpc) is 3.39. The topological polar surface area (TPSA) is 88.9 Å². The first-order chi connectivity index (χ1) is 13.5. The van der Waals surface area contributed by atoms with Gasteiger partial charge in [-0.05, 0) is 36.6 Å². The molecule has 0 spiro atoms. The van der Waals surface area contributed by atoms with Gasteiger partial charge in [0, 0.05) is 18.6 Å². The monoisotopic (exact) mass is 404 g/mol. The molecule has 8 heteroatoms. The first-order valence-electron chi connectivity index (χ1n) is 9.17. The normalized spacial score (nSPS) is 17.4. The maximum atomic E-state index is 12.8. The molecule has 2 heterocycles. The van der Waals surface area contributed by atoms with Crippen LogP contribution in [0, 0.1) is 0 Å². The number of rotatable bonds is 9. The SMILES string of the molecule is O=C(CN(Cc1ccco1)S(=O)(=O)/C=C/c1ccccc1)NC[C@H]1CCCO1. The molecule has 1 atom stereocenters. The summed E-state index contributed by atoms with van der Waals surface area (Å²) in [7, 11) is -3.83. The summed E-state index contributed by atoms with van der Waals surface area (Å²) >= 11 is 0. The number of carbonyl (C=O) groups is 1. The predicted octanol–water partition coefficient (Wildman–Crippen LogP) is 2.38. The van der Waals surface area contributed by atoms with Crippen LogP contribution in [0.15, 0.2) is 58.6 Å². The highest BCUT2D eigenvalue weighted by Crippen LogP contribution is 2.14. The van der Waals surface area contributed by atoms with E-state index in [2.05, 4.69) is 5.32 Å². The Bertz CT molecular complexity index is 873. The molecule has 2 aromatic rings. The molecule has 1 aromatic carbocycles. The van der Waals surface area contributed by atoms with E-state index in [0.717, 1.165) is 28.1 Å². The fourth-order valence-electron chi connectivity index (χ4n) is 2.88. The Labute approximate surface area is 165 Å². The highest BCUT2D eigenvalue weighted by atomic mass is 32.2. The van der Waals surface area contributed by atoms with Crippen LogP contribution in [0.3, 0.4) is 0 Å². The van der Waals surface area contributed by atoms with Crippen LogP contribution in [0.1, 0.15) is 24.2 Å². The zero-order valence-corrected chi connectivity index (χ0v) is 16.3. The van der Waals surface area contributed by atoms with Gasteiger partial charge in [-0.2, -0.15) is 4.31 Å². The van der Waals surface area contributed by atoms with Crippen LogP contribution in [-0.2, 0) is 26.1 Å². The molecule has 0 saturated carbocycles. The van der Waals surface area contributed by atoms with Crippen molar-refractivity contribution in [1.82, 2.24) is 9.62 Å². The number of furan rings is 1. The molecular weight excluding hydrogens is 380 g/mol. The van der Waals surface area contributed by atoms with E-state index < -0.39 is 10.0 Å². The van der Waals surface area contributed by atoms with E-state index in [0.29, 0.717) is 18.9 Å². The summed E-state index contributed by atoms with van der Waals surface area (Å²) in [4.78, 5) is 12.3. The van der Waals surface area contributed by atoms with Gasteiger partial charge in [0.1, 0.15) is 5.76 Å². The molecule has 1 amide bonds. The number of nitrogens with zero attached hydrogens (tertiary/aromatic N) is 1. The van der Waals surface area contributed by atoms with E-state index in [1.54, 1.807) is 24.3 Å². The third kappa shape index (κ3) is 6.05. The van der Waals surface area contributed by atoms with Gasteiger partial charge in [-0.3, -0.25) is 4.79 Å². The van der Waals surface area contributed by atoms with Crippen molar-refractivity contribution in [2.75, 3.05) is 19.7 Å². The number of hydrogen-bond donors (Lipinski definition) is 1. The van der Waals surface area contributed by atoms with Crippen LogP contribution in [0.4, 0.5) is 0 Å². The Hall–Kier alpha value is -2.42. The Kier molecular flexibility index (Phi) is 7.02. The molecule has 0 bridgehead atoms. The molecule has 150 valence electrons. The van der Waals surface area contributed by atoms with Gasteiger partial charge >= 0.3 is 0 Å². The number of nitrogens with one attached hydrogen (secondary N) is 1. The fourth-order valence-corrected chi connectivity index (χ4v) is 3.98. The first kappa shape index (κ1) is 20.3. The molecule has 1 aliphatic heterocycles. The number of amides is 1. The molecule has 0 aliphatic carbocycles. The zero-order chi connectivity index (χ0) is 19.8. The Balaban J connectivity index is 1.68. The van der Waals surface area contributed by atoms with Gasteiger partial charge in [-0.25, -0.2) is 8.42 Å². The van der Waals surface area contributed by atoms with E-state index in [-0.39, 0.29) is 25.1 Å². The highest BCUT2D eigenvalue weighted by molar-refractivity contribution is 7.92. The number of sulfonamides is 1. The molecule has 0 radical (unpaired) electrons. The van der Waals surface area contributed by atoms with Gasteiger partial charge in [0.25, 0.3) is 0 Å². The van der Waals surface area contributed by atoms with Gasteiger partial charge in [-0.1, -0.05) is 30.3 Å². The van der Waals surface area contributed by atoms with Crippen LogP contribution < -0.4 is 5.32 Å². The molecule has 1 saturated heterocycles. The summed E-state index contributed by atoms with van der Waals surface area (Å²) in [5.74, 6) is 0.0855. The largest absolute Gasteiger partial charge is 0.468 e. The molecule has 1 N–H and O–H groups in total. The van der Waals surface area contributed by atoms with Crippen molar-refractivity contribution >= 4 is 22.0 Å². The van der Waals surface area contributed by atoms with Crippen molar-refractivity contribution in [1.29, 1.82) is 0 Å². The summed E-state index contributed by atoms with van der Waals surface area (Å²) in [6.07, 6.45) is 4.85. The molecule has 7 nitrogen and oxygen atoms in total. The van der Waals surface area contributed by atoms with Gasteiger partial charge in [-0.15, -0.1) is 0 Å². The molecular formula is C20H24N2O5S.